The number of hydrogen-bond donors (Lipinski definition) is 0. The van der Waals surface area contributed by atoms with Crippen LogP contribution in [-0.2, 0) is 30.2 Å². The van der Waals surface area contributed by atoms with Gasteiger partial charge in [-0.1, -0.05) is 37.3 Å². The molecule has 0 unspecified atom stereocenters. The second-order valence-corrected chi connectivity index (χ2v) is 10.1. The number of hydrogen-bond acceptors (Lipinski definition) is 6. The van der Waals surface area contributed by atoms with Crippen LogP contribution in [0.15, 0.2) is 54.6 Å². The number of ether oxygens (including phenoxy) is 4. The molecule has 0 aromatic heterocycles. The molecule has 0 aliphatic carbocycles. The molecule has 0 bridgehead atoms. The first-order valence-electron chi connectivity index (χ1n) is 12.4. The normalized spacial score (nSPS) is 14.9. The van der Waals surface area contributed by atoms with Crippen LogP contribution in [0, 0.1) is 17.7 Å². The number of halogens is 1. The standard InChI is InChI=1S/C29H39FO6/c1-20(18-26(31)36-29(3,4)5)28(32)34-21(2)27(35-25-10-8-7-9-11-25)23(16-17-33-6)19-22-12-14-24(30)15-13-22/h7-15,20-21,23,27H,16-19H2,1-6H3/t20-,21+,23-,27+/m1/s1. The molecule has 0 fully saturated rings. The molecule has 0 saturated heterocycles. The van der Waals surface area contributed by atoms with E-state index in [9.17, 15) is 14.0 Å². The molecule has 36 heavy (non-hydrogen) atoms. The topological polar surface area (TPSA) is 71.1 Å². The lowest BCUT2D eigenvalue weighted by Gasteiger charge is -2.33. The predicted molar refractivity (Wildman–Crippen MR) is 136 cm³/mol. The quantitative estimate of drug-likeness (QED) is 0.324. The molecule has 0 heterocycles. The first kappa shape index (κ1) is 29.3. The molecule has 7 heteroatoms. The lowest BCUT2D eigenvalue weighted by Crippen LogP contribution is -2.42. The summed E-state index contributed by atoms with van der Waals surface area (Å²) in [7, 11) is 1.63. The molecule has 2 rings (SSSR count). The van der Waals surface area contributed by atoms with Gasteiger partial charge in [0.05, 0.1) is 12.3 Å². The molecule has 2 aromatic carbocycles. The van der Waals surface area contributed by atoms with Gasteiger partial charge in [0.1, 0.15) is 29.4 Å². The number of rotatable bonds is 13. The summed E-state index contributed by atoms with van der Waals surface area (Å²) in [6.07, 6.45) is 0.0128. The summed E-state index contributed by atoms with van der Waals surface area (Å²) in [5.41, 5.74) is 0.313. The van der Waals surface area contributed by atoms with Gasteiger partial charge in [-0.05, 0) is 70.4 Å². The highest BCUT2D eigenvalue weighted by Crippen LogP contribution is 2.26. The second-order valence-electron chi connectivity index (χ2n) is 10.1. The smallest absolute Gasteiger partial charge is 0.309 e. The van der Waals surface area contributed by atoms with E-state index in [4.69, 9.17) is 18.9 Å². The first-order chi connectivity index (χ1) is 17.0. The molecule has 0 spiro atoms. The van der Waals surface area contributed by atoms with Gasteiger partial charge in [0.25, 0.3) is 0 Å². The Kier molecular flexibility index (Phi) is 11.4. The summed E-state index contributed by atoms with van der Waals surface area (Å²) in [5, 5.41) is 0. The lowest BCUT2D eigenvalue weighted by molar-refractivity contribution is -0.166. The van der Waals surface area contributed by atoms with E-state index < -0.39 is 35.7 Å². The summed E-state index contributed by atoms with van der Waals surface area (Å²) in [4.78, 5) is 25.1. The highest BCUT2D eigenvalue weighted by atomic mass is 19.1. The highest BCUT2D eigenvalue weighted by Gasteiger charge is 2.33. The molecule has 0 saturated carbocycles. The van der Waals surface area contributed by atoms with Gasteiger partial charge in [-0.25, -0.2) is 4.39 Å². The van der Waals surface area contributed by atoms with Crippen molar-refractivity contribution in [1.82, 2.24) is 0 Å². The number of para-hydroxylation sites is 1. The minimum atomic E-state index is -0.672. The third-order valence-electron chi connectivity index (χ3n) is 5.64. The van der Waals surface area contributed by atoms with Crippen LogP contribution in [0.1, 0.15) is 53.0 Å². The molecule has 0 amide bonds. The fraction of sp³-hybridized carbons (Fsp3) is 0.517. The minimum Gasteiger partial charge on any atom is -0.486 e. The van der Waals surface area contributed by atoms with Gasteiger partial charge in [0, 0.05) is 19.6 Å². The van der Waals surface area contributed by atoms with Crippen LogP contribution in [0.2, 0.25) is 0 Å². The Morgan fingerprint density at radius 1 is 0.972 bits per heavy atom. The van der Waals surface area contributed by atoms with Gasteiger partial charge in [0.15, 0.2) is 0 Å². The molecule has 0 radical (unpaired) electrons. The van der Waals surface area contributed by atoms with Crippen molar-refractivity contribution in [2.45, 2.75) is 71.7 Å². The molecular weight excluding hydrogens is 463 g/mol. The number of carbonyl (C=O) groups excluding carboxylic acids is 2. The van der Waals surface area contributed by atoms with Gasteiger partial charge in [-0.15, -0.1) is 0 Å². The average Bonchev–Trinajstić information content (AvgIpc) is 2.81. The van der Waals surface area contributed by atoms with Crippen molar-refractivity contribution in [2.75, 3.05) is 13.7 Å². The number of carbonyl (C=O) groups is 2. The van der Waals surface area contributed by atoms with E-state index in [1.54, 1.807) is 53.9 Å². The number of esters is 2. The molecule has 0 aliphatic heterocycles. The van der Waals surface area contributed by atoms with E-state index in [0.29, 0.717) is 25.2 Å². The average molecular weight is 503 g/mol. The maximum absolute atomic E-state index is 13.5. The summed E-state index contributed by atoms with van der Waals surface area (Å²) in [6, 6.07) is 15.7. The van der Waals surface area contributed by atoms with Crippen molar-refractivity contribution in [1.29, 1.82) is 0 Å². The van der Waals surface area contributed by atoms with Gasteiger partial charge < -0.3 is 18.9 Å². The highest BCUT2D eigenvalue weighted by molar-refractivity contribution is 5.79. The zero-order chi connectivity index (χ0) is 26.7. The summed E-state index contributed by atoms with van der Waals surface area (Å²) in [6.45, 7) is 9.26. The van der Waals surface area contributed by atoms with Crippen LogP contribution in [0.5, 0.6) is 5.75 Å². The van der Waals surface area contributed by atoms with E-state index in [0.717, 1.165) is 5.56 Å². The summed E-state index contributed by atoms with van der Waals surface area (Å²) < 4.78 is 36.3. The van der Waals surface area contributed by atoms with Crippen LogP contribution < -0.4 is 4.74 Å². The maximum atomic E-state index is 13.5. The maximum Gasteiger partial charge on any atom is 0.309 e. The fourth-order valence-electron chi connectivity index (χ4n) is 3.89. The Morgan fingerprint density at radius 2 is 1.61 bits per heavy atom. The van der Waals surface area contributed by atoms with E-state index in [1.165, 1.54) is 12.1 Å². The second kappa shape index (κ2) is 14.0. The van der Waals surface area contributed by atoms with Crippen molar-refractivity contribution in [3.05, 3.63) is 66.0 Å². The van der Waals surface area contributed by atoms with E-state index >= 15 is 0 Å². The van der Waals surface area contributed by atoms with Crippen LogP contribution in [0.3, 0.4) is 0 Å². The zero-order valence-corrected chi connectivity index (χ0v) is 22.2. The molecular formula is C29H39FO6. The minimum absolute atomic E-state index is 0.0737. The Bertz CT molecular complexity index is 938. The Labute approximate surface area is 214 Å². The van der Waals surface area contributed by atoms with Gasteiger partial charge in [-0.2, -0.15) is 0 Å². The Balaban J connectivity index is 2.21. The van der Waals surface area contributed by atoms with Crippen molar-refractivity contribution in [3.63, 3.8) is 0 Å². The van der Waals surface area contributed by atoms with Gasteiger partial charge in [0.2, 0.25) is 0 Å². The van der Waals surface area contributed by atoms with E-state index in [-0.39, 0.29) is 18.2 Å². The molecule has 198 valence electrons. The van der Waals surface area contributed by atoms with E-state index in [1.807, 2.05) is 30.3 Å². The monoisotopic (exact) mass is 502 g/mol. The summed E-state index contributed by atoms with van der Waals surface area (Å²) >= 11 is 0. The molecule has 4 atom stereocenters. The molecule has 0 aliphatic rings. The van der Waals surface area contributed by atoms with Crippen LogP contribution in [0.4, 0.5) is 4.39 Å². The Hall–Kier alpha value is -2.93. The fourth-order valence-corrected chi connectivity index (χ4v) is 3.89. The largest absolute Gasteiger partial charge is 0.486 e. The SMILES string of the molecule is COCC[C@H](Cc1ccc(F)cc1)[C@@H](Oc1ccccc1)[C@H](C)OC(=O)[C@H](C)CC(=O)OC(C)(C)C. The van der Waals surface area contributed by atoms with Crippen LogP contribution in [0.25, 0.3) is 0 Å². The van der Waals surface area contributed by atoms with Crippen molar-refractivity contribution < 1.29 is 32.9 Å². The van der Waals surface area contributed by atoms with Crippen molar-refractivity contribution in [3.8, 4) is 5.75 Å². The number of benzene rings is 2. The predicted octanol–water partition coefficient (Wildman–Crippen LogP) is 5.77. The third-order valence-corrected chi connectivity index (χ3v) is 5.64. The zero-order valence-electron chi connectivity index (χ0n) is 22.2. The molecule has 6 nitrogen and oxygen atoms in total. The summed E-state index contributed by atoms with van der Waals surface area (Å²) in [5.74, 6) is -1.37. The van der Waals surface area contributed by atoms with Crippen molar-refractivity contribution in [2.24, 2.45) is 11.8 Å². The van der Waals surface area contributed by atoms with Crippen LogP contribution >= 0.6 is 0 Å². The van der Waals surface area contributed by atoms with Gasteiger partial charge >= 0.3 is 11.9 Å². The van der Waals surface area contributed by atoms with E-state index in [2.05, 4.69) is 0 Å². The lowest BCUT2D eigenvalue weighted by atomic mass is 9.88. The molecule has 0 N–H and O–H groups in total. The number of methoxy groups -OCH3 is 1. The first-order valence-corrected chi connectivity index (χ1v) is 12.4. The van der Waals surface area contributed by atoms with Crippen molar-refractivity contribution >= 4 is 11.9 Å². The van der Waals surface area contributed by atoms with Crippen LogP contribution in [-0.4, -0.2) is 43.5 Å². The Morgan fingerprint density at radius 3 is 2.19 bits per heavy atom. The molecule has 2 aromatic rings. The van der Waals surface area contributed by atoms with Gasteiger partial charge in [-0.3, -0.25) is 9.59 Å². The third kappa shape index (κ3) is 10.4.